The molecule has 0 aromatic rings. The molecule has 0 aromatic carbocycles. The minimum atomic E-state index is -0.202. The molecular weight excluding hydrogens is 138 g/mol. The van der Waals surface area contributed by atoms with E-state index in [0.29, 0.717) is 0 Å². The van der Waals surface area contributed by atoms with Gasteiger partial charge < -0.3 is 0 Å². The lowest BCUT2D eigenvalue weighted by atomic mass is 10.1. The van der Waals surface area contributed by atoms with Gasteiger partial charge in [-0.1, -0.05) is 32.6 Å². The Morgan fingerprint density at radius 1 is 1.09 bits per heavy atom. The average Bonchev–Trinajstić information content (AvgIpc) is 2.69. The molecule has 0 unspecified atom stereocenters. The fraction of sp³-hybridized carbons (Fsp3) is 1.00. The molecular formula is C8H19N3. The van der Waals surface area contributed by atoms with Crippen molar-refractivity contribution in [3.05, 3.63) is 0 Å². The fourth-order valence-corrected chi connectivity index (χ4v) is 1.21. The molecule has 1 aliphatic heterocycles. The van der Waals surface area contributed by atoms with Crippen LogP contribution in [0.25, 0.3) is 0 Å². The molecule has 3 heteroatoms. The molecule has 0 radical (unpaired) electrons. The summed E-state index contributed by atoms with van der Waals surface area (Å²) in [6, 6.07) is 0. The molecule has 0 spiro atoms. The maximum absolute atomic E-state index is 5.74. The highest BCUT2D eigenvalue weighted by atomic mass is 15.7. The second-order valence-electron chi connectivity index (χ2n) is 3.39. The van der Waals surface area contributed by atoms with Crippen molar-refractivity contribution in [1.82, 2.24) is 10.9 Å². The van der Waals surface area contributed by atoms with E-state index in [9.17, 15) is 0 Å². The zero-order valence-corrected chi connectivity index (χ0v) is 7.32. The van der Waals surface area contributed by atoms with Gasteiger partial charge in [-0.2, -0.15) is 0 Å². The summed E-state index contributed by atoms with van der Waals surface area (Å²) in [4.78, 5) is 0. The summed E-state index contributed by atoms with van der Waals surface area (Å²) in [7, 11) is 0. The van der Waals surface area contributed by atoms with E-state index in [1.54, 1.807) is 0 Å². The van der Waals surface area contributed by atoms with E-state index in [-0.39, 0.29) is 5.79 Å². The number of hydrogen-bond donors (Lipinski definition) is 3. The van der Waals surface area contributed by atoms with Crippen molar-refractivity contribution in [3.63, 3.8) is 0 Å². The van der Waals surface area contributed by atoms with Crippen molar-refractivity contribution in [2.75, 3.05) is 0 Å². The Balaban J connectivity index is 1.81. The van der Waals surface area contributed by atoms with Gasteiger partial charge in [-0.3, -0.25) is 5.73 Å². The average molecular weight is 157 g/mol. The van der Waals surface area contributed by atoms with E-state index in [2.05, 4.69) is 17.8 Å². The molecule has 4 N–H and O–H groups in total. The van der Waals surface area contributed by atoms with Crippen LogP contribution in [0.15, 0.2) is 0 Å². The van der Waals surface area contributed by atoms with Crippen molar-refractivity contribution in [2.24, 2.45) is 5.73 Å². The molecule has 0 aromatic heterocycles. The van der Waals surface area contributed by atoms with Crippen molar-refractivity contribution in [2.45, 2.75) is 51.2 Å². The molecule has 1 saturated heterocycles. The molecule has 1 aliphatic rings. The number of nitrogens with two attached hydrogens (primary N) is 1. The summed E-state index contributed by atoms with van der Waals surface area (Å²) >= 11 is 0. The lowest BCUT2D eigenvalue weighted by molar-refractivity contribution is 0.513. The van der Waals surface area contributed by atoms with Crippen LogP contribution < -0.4 is 16.6 Å². The van der Waals surface area contributed by atoms with Gasteiger partial charge in [0.1, 0.15) is 5.79 Å². The Kier molecular flexibility index (Phi) is 3.30. The van der Waals surface area contributed by atoms with Crippen LogP contribution in [-0.2, 0) is 0 Å². The van der Waals surface area contributed by atoms with E-state index < -0.39 is 0 Å². The van der Waals surface area contributed by atoms with Gasteiger partial charge in [0.05, 0.1) is 0 Å². The first-order valence-corrected chi connectivity index (χ1v) is 4.60. The van der Waals surface area contributed by atoms with E-state index >= 15 is 0 Å². The normalized spacial score (nSPS) is 20.2. The summed E-state index contributed by atoms with van der Waals surface area (Å²) in [6.45, 7) is 2.23. The van der Waals surface area contributed by atoms with Crippen molar-refractivity contribution in [3.8, 4) is 0 Å². The number of hydrazine groups is 1. The highest BCUT2D eigenvalue weighted by molar-refractivity contribution is 4.86. The number of hydrogen-bond acceptors (Lipinski definition) is 3. The topological polar surface area (TPSA) is 69.9 Å². The van der Waals surface area contributed by atoms with Gasteiger partial charge >= 0.3 is 0 Å². The molecule has 0 aliphatic carbocycles. The van der Waals surface area contributed by atoms with Gasteiger partial charge in [-0.05, 0) is 12.8 Å². The van der Waals surface area contributed by atoms with Crippen LogP contribution in [0.2, 0.25) is 0 Å². The van der Waals surface area contributed by atoms with Crippen LogP contribution in [0.3, 0.4) is 0 Å². The highest BCUT2D eigenvalue weighted by Gasteiger charge is 2.35. The number of nitrogens with one attached hydrogen (secondary N) is 2. The van der Waals surface area contributed by atoms with Gasteiger partial charge in [0.2, 0.25) is 0 Å². The van der Waals surface area contributed by atoms with Crippen LogP contribution in [-0.4, -0.2) is 5.79 Å². The van der Waals surface area contributed by atoms with Gasteiger partial charge in [0, 0.05) is 0 Å². The second kappa shape index (κ2) is 4.04. The second-order valence-corrected chi connectivity index (χ2v) is 3.39. The third-order valence-corrected chi connectivity index (χ3v) is 2.12. The minimum Gasteiger partial charge on any atom is -0.299 e. The van der Waals surface area contributed by atoms with Gasteiger partial charge in [-0.15, -0.1) is 0 Å². The Hall–Kier alpha value is -0.120. The van der Waals surface area contributed by atoms with Crippen molar-refractivity contribution >= 4 is 0 Å². The summed E-state index contributed by atoms with van der Waals surface area (Å²) in [5.74, 6) is -0.202. The summed E-state index contributed by atoms with van der Waals surface area (Å²) in [5, 5.41) is 0. The predicted octanol–water partition coefficient (Wildman–Crippen LogP) is 1.07. The van der Waals surface area contributed by atoms with Crippen LogP contribution in [0.5, 0.6) is 0 Å². The zero-order chi connectivity index (χ0) is 8.16. The number of rotatable bonds is 6. The highest BCUT2D eigenvalue weighted by Crippen LogP contribution is 2.13. The minimum absolute atomic E-state index is 0.202. The molecule has 66 valence electrons. The first-order valence-electron chi connectivity index (χ1n) is 4.60. The molecule has 11 heavy (non-hydrogen) atoms. The fourth-order valence-electron chi connectivity index (χ4n) is 1.21. The summed E-state index contributed by atoms with van der Waals surface area (Å²) in [6.07, 6.45) is 7.62. The lowest BCUT2D eigenvalue weighted by Gasteiger charge is -2.03. The summed E-state index contributed by atoms with van der Waals surface area (Å²) < 4.78 is 0. The smallest absolute Gasteiger partial charge is 0.146 e. The van der Waals surface area contributed by atoms with E-state index in [4.69, 9.17) is 5.73 Å². The molecule has 0 atom stereocenters. The van der Waals surface area contributed by atoms with E-state index in [0.717, 1.165) is 6.42 Å². The molecule has 1 fully saturated rings. The third-order valence-electron chi connectivity index (χ3n) is 2.12. The zero-order valence-electron chi connectivity index (χ0n) is 7.32. The molecule has 3 nitrogen and oxygen atoms in total. The Morgan fingerprint density at radius 3 is 2.27 bits per heavy atom. The lowest BCUT2D eigenvalue weighted by Crippen LogP contribution is -2.29. The van der Waals surface area contributed by atoms with Crippen LogP contribution in [0.4, 0.5) is 0 Å². The number of unbranched alkanes of at least 4 members (excludes halogenated alkanes) is 4. The molecule has 0 amide bonds. The van der Waals surface area contributed by atoms with Crippen LogP contribution in [0, 0.1) is 0 Å². The third kappa shape index (κ3) is 3.70. The van der Waals surface area contributed by atoms with Gasteiger partial charge in [0.15, 0.2) is 0 Å². The SMILES string of the molecule is CCCCCCCC1(N)NN1. The van der Waals surface area contributed by atoms with Gasteiger partial charge in [0.25, 0.3) is 0 Å². The Morgan fingerprint density at radius 2 is 1.73 bits per heavy atom. The maximum atomic E-state index is 5.74. The molecule has 0 bridgehead atoms. The molecule has 0 saturated carbocycles. The first kappa shape index (κ1) is 8.97. The predicted molar refractivity (Wildman–Crippen MR) is 46.6 cm³/mol. The standard InChI is InChI=1S/C8H19N3/c1-2-3-4-5-6-7-8(9)10-11-8/h10-11H,2-7,9H2,1H3. The van der Waals surface area contributed by atoms with E-state index in [1.165, 1.54) is 32.1 Å². The first-order chi connectivity index (χ1) is 5.27. The maximum Gasteiger partial charge on any atom is 0.146 e. The molecule has 1 heterocycles. The van der Waals surface area contributed by atoms with Gasteiger partial charge in [-0.25, -0.2) is 10.9 Å². The van der Waals surface area contributed by atoms with Crippen LogP contribution in [0.1, 0.15) is 45.4 Å². The van der Waals surface area contributed by atoms with E-state index in [1.807, 2.05) is 0 Å². The van der Waals surface area contributed by atoms with Crippen molar-refractivity contribution in [1.29, 1.82) is 0 Å². The van der Waals surface area contributed by atoms with Crippen LogP contribution >= 0.6 is 0 Å². The Labute approximate surface area is 68.7 Å². The Bertz CT molecular complexity index is 110. The van der Waals surface area contributed by atoms with Crippen molar-refractivity contribution < 1.29 is 0 Å². The monoisotopic (exact) mass is 157 g/mol. The quantitative estimate of drug-likeness (QED) is 0.399. The molecule has 1 rings (SSSR count). The largest absolute Gasteiger partial charge is 0.299 e. The summed E-state index contributed by atoms with van der Waals surface area (Å²) in [5.41, 5.74) is 11.6.